The normalized spacial score (nSPS) is 16.9. The monoisotopic (exact) mass is 616 g/mol. The second kappa shape index (κ2) is 15.3. The number of ether oxygens (including phenoxy) is 1. The van der Waals surface area contributed by atoms with Gasteiger partial charge in [0.2, 0.25) is 0 Å². The molecule has 0 aliphatic carbocycles. The fraction of sp³-hybridized carbons (Fsp3) is 0.452. The molecule has 13 heteroatoms. The average molecular weight is 617 g/mol. The molecular weight excluding hydrogens is 577 g/mol. The van der Waals surface area contributed by atoms with Crippen molar-refractivity contribution in [2.24, 2.45) is 0 Å². The van der Waals surface area contributed by atoms with E-state index in [9.17, 15) is 27.9 Å². The standard InChI is InChI=1S/C31H39F3N6O4/c1-3-39-27(30(43)38-40-14-8-13-24(40)20-44-2)17-26(37-39)29(42)36-25(16-21-9-5-4-6-10-21)28(41)19-35-18-22-11-7-12-23(15-22)31(32,33)34/h4-7,9-12,15,17,24-25,28,35,41H,3,8,13-14,16,18-20H2,1-2H3,(H,36,42)(H,38,43)/t24?,25-,28+/m0/s1. The quantitative estimate of drug-likeness (QED) is 0.220. The van der Waals surface area contributed by atoms with Crippen LogP contribution in [0.5, 0.6) is 0 Å². The molecular formula is C31H39F3N6O4. The Labute approximate surface area is 254 Å². The van der Waals surface area contributed by atoms with Crippen molar-refractivity contribution in [1.29, 1.82) is 0 Å². The highest BCUT2D eigenvalue weighted by Crippen LogP contribution is 2.29. The maximum Gasteiger partial charge on any atom is 0.416 e. The van der Waals surface area contributed by atoms with Crippen molar-refractivity contribution in [3.8, 4) is 0 Å². The highest BCUT2D eigenvalue weighted by Gasteiger charge is 2.31. The number of hydrogen-bond acceptors (Lipinski definition) is 7. The van der Waals surface area contributed by atoms with Crippen molar-refractivity contribution in [1.82, 2.24) is 30.8 Å². The smallest absolute Gasteiger partial charge is 0.390 e. The minimum Gasteiger partial charge on any atom is -0.390 e. The summed E-state index contributed by atoms with van der Waals surface area (Å²) in [5, 5.41) is 23.1. The predicted molar refractivity (Wildman–Crippen MR) is 158 cm³/mol. The average Bonchev–Trinajstić information content (AvgIpc) is 3.64. The zero-order valence-corrected chi connectivity index (χ0v) is 24.8. The van der Waals surface area contributed by atoms with Gasteiger partial charge in [-0.1, -0.05) is 48.5 Å². The summed E-state index contributed by atoms with van der Waals surface area (Å²) in [6.45, 7) is 3.44. The van der Waals surface area contributed by atoms with Gasteiger partial charge >= 0.3 is 6.18 Å². The van der Waals surface area contributed by atoms with Gasteiger partial charge in [0.15, 0.2) is 5.69 Å². The first-order valence-electron chi connectivity index (χ1n) is 14.6. The molecule has 10 nitrogen and oxygen atoms in total. The molecule has 1 saturated heterocycles. The van der Waals surface area contributed by atoms with Crippen LogP contribution in [-0.4, -0.2) is 76.7 Å². The number of rotatable bonds is 14. The Hall–Kier alpha value is -3.78. The van der Waals surface area contributed by atoms with Gasteiger partial charge in [-0.3, -0.25) is 19.7 Å². The molecule has 4 rings (SSSR count). The Morgan fingerprint density at radius 3 is 2.55 bits per heavy atom. The van der Waals surface area contributed by atoms with Gasteiger partial charge in [-0.05, 0) is 43.4 Å². The largest absolute Gasteiger partial charge is 0.416 e. The summed E-state index contributed by atoms with van der Waals surface area (Å²) >= 11 is 0. The molecule has 4 N–H and O–H groups in total. The first kappa shape index (κ1) is 33.1. The molecule has 1 aliphatic rings. The van der Waals surface area contributed by atoms with Crippen molar-refractivity contribution in [2.75, 3.05) is 26.8 Å². The van der Waals surface area contributed by atoms with Crippen molar-refractivity contribution >= 4 is 11.8 Å². The van der Waals surface area contributed by atoms with Crippen LogP contribution >= 0.6 is 0 Å². The molecule has 44 heavy (non-hydrogen) atoms. The second-order valence-corrected chi connectivity index (χ2v) is 10.8. The number of aryl methyl sites for hydroxylation is 1. The van der Waals surface area contributed by atoms with Crippen LogP contribution in [0, 0.1) is 0 Å². The third-order valence-corrected chi connectivity index (χ3v) is 7.54. The molecule has 2 amide bonds. The molecule has 1 aromatic heterocycles. The van der Waals surface area contributed by atoms with Crippen molar-refractivity contribution in [3.05, 3.63) is 88.7 Å². The molecule has 0 bridgehead atoms. The number of aromatic nitrogens is 2. The van der Waals surface area contributed by atoms with Gasteiger partial charge < -0.3 is 20.5 Å². The number of nitrogens with one attached hydrogen (secondary N) is 3. The maximum absolute atomic E-state index is 13.4. The Bertz CT molecular complexity index is 1380. The Balaban J connectivity index is 1.43. The molecule has 1 aliphatic heterocycles. The van der Waals surface area contributed by atoms with Crippen LogP contribution in [0.15, 0.2) is 60.7 Å². The van der Waals surface area contributed by atoms with E-state index in [0.717, 1.165) is 30.5 Å². The first-order chi connectivity index (χ1) is 21.1. The van der Waals surface area contributed by atoms with E-state index >= 15 is 0 Å². The van der Waals surface area contributed by atoms with Gasteiger partial charge in [0.25, 0.3) is 11.8 Å². The minimum atomic E-state index is -4.45. The Morgan fingerprint density at radius 1 is 1.09 bits per heavy atom. The zero-order chi connectivity index (χ0) is 31.7. The van der Waals surface area contributed by atoms with Crippen LogP contribution in [0.25, 0.3) is 0 Å². The number of hydrogen-bond donors (Lipinski definition) is 4. The van der Waals surface area contributed by atoms with Gasteiger partial charge in [-0.25, -0.2) is 5.01 Å². The van der Waals surface area contributed by atoms with Gasteiger partial charge in [0.05, 0.1) is 30.4 Å². The third kappa shape index (κ3) is 8.88. The number of methoxy groups -OCH3 is 1. The van der Waals surface area contributed by atoms with Crippen molar-refractivity contribution < 1.29 is 32.6 Å². The molecule has 0 saturated carbocycles. The van der Waals surface area contributed by atoms with Crippen LogP contribution in [0.3, 0.4) is 0 Å². The molecule has 0 spiro atoms. The van der Waals surface area contributed by atoms with E-state index in [1.807, 2.05) is 42.3 Å². The van der Waals surface area contributed by atoms with Crippen LogP contribution in [0.4, 0.5) is 13.2 Å². The fourth-order valence-electron chi connectivity index (χ4n) is 5.25. The summed E-state index contributed by atoms with van der Waals surface area (Å²) in [5.74, 6) is -0.955. The van der Waals surface area contributed by atoms with E-state index < -0.39 is 29.8 Å². The second-order valence-electron chi connectivity index (χ2n) is 10.8. The van der Waals surface area contributed by atoms with Gasteiger partial charge in [0.1, 0.15) is 5.69 Å². The van der Waals surface area contributed by atoms with E-state index in [4.69, 9.17) is 4.74 Å². The molecule has 2 aromatic carbocycles. The number of aliphatic hydroxyl groups excluding tert-OH is 1. The molecule has 1 fully saturated rings. The number of benzene rings is 2. The van der Waals surface area contributed by atoms with Gasteiger partial charge in [0, 0.05) is 39.4 Å². The summed E-state index contributed by atoms with van der Waals surface area (Å²) in [7, 11) is 1.61. The number of halogens is 3. The minimum absolute atomic E-state index is 0.00353. The number of aliphatic hydroxyl groups is 1. The molecule has 3 atom stereocenters. The molecule has 238 valence electrons. The first-order valence-corrected chi connectivity index (χ1v) is 14.6. The lowest BCUT2D eigenvalue weighted by atomic mass is 10.0. The van der Waals surface area contributed by atoms with Crippen LogP contribution in [0.2, 0.25) is 0 Å². The Morgan fingerprint density at radius 2 is 1.84 bits per heavy atom. The number of carbonyl (C=O) groups excluding carboxylic acids is 2. The van der Waals surface area contributed by atoms with Crippen LogP contribution in [0.1, 0.15) is 57.4 Å². The Kier molecular flexibility index (Phi) is 11.5. The number of alkyl halides is 3. The lowest BCUT2D eigenvalue weighted by molar-refractivity contribution is -0.137. The highest BCUT2D eigenvalue weighted by molar-refractivity contribution is 5.97. The molecule has 2 heterocycles. The van der Waals surface area contributed by atoms with Crippen molar-refractivity contribution in [2.45, 2.75) is 63.6 Å². The number of nitrogens with zero attached hydrogens (tertiary/aromatic N) is 3. The lowest BCUT2D eigenvalue weighted by Crippen LogP contribution is -2.48. The topological polar surface area (TPSA) is 121 Å². The van der Waals surface area contributed by atoms with E-state index in [1.54, 1.807) is 13.2 Å². The summed E-state index contributed by atoms with van der Waals surface area (Å²) in [6, 6.07) is 15.0. The van der Waals surface area contributed by atoms with E-state index in [1.165, 1.54) is 16.8 Å². The highest BCUT2D eigenvalue weighted by atomic mass is 19.4. The number of amides is 2. The van der Waals surface area contributed by atoms with E-state index in [0.29, 0.717) is 25.3 Å². The van der Waals surface area contributed by atoms with Gasteiger partial charge in [-0.2, -0.15) is 18.3 Å². The summed E-state index contributed by atoms with van der Waals surface area (Å²) in [4.78, 5) is 26.5. The zero-order valence-electron chi connectivity index (χ0n) is 24.8. The SMILES string of the molecule is CCn1nc(C(=O)N[C@@H](Cc2ccccc2)[C@H](O)CNCc2cccc(C(F)(F)F)c2)cc1C(=O)NN1CCCC1COC. The molecule has 3 aromatic rings. The molecule has 0 radical (unpaired) electrons. The summed E-state index contributed by atoms with van der Waals surface area (Å²) in [5.41, 5.74) is 3.68. The number of carbonyl (C=O) groups is 2. The van der Waals surface area contributed by atoms with Gasteiger partial charge in [-0.15, -0.1) is 0 Å². The van der Waals surface area contributed by atoms with Crippen LogP contribution < -0.4 is 16.1 Å². The van der Waals surface area contributed by atoms with E-state index in [-0.39, 0.29) is 42.8 Å². The molecule has 1 unspecified atom stereocenters. The third-order valence-electron chi connectivity index (χ3n) is 7.54. The van der Waals surface area contributed by atoms with Crippen LogP contribution in [-0.2, 0) is 30.4 Å². The summed E-state index contributed by atoms with van der Waals surface area (Å²) in [6.07, 6.45) is -3.43. The summed E-state index contributed by atoms with van der Waals surface area (Å²) < 4.78 is 46.0. The maximum atomic E-state index is 13.4. The predicted octanol–water partition coefficient (Wildman–Crippen LogP) is 3.17. The lowest BCUT2D eigenvalue weighted by Gasteiger charge is -2.24. The van der Waals surface area contributed by atoms with Crippen molar-refractivity contribution in [3.63, 3.8) is 0 Å². The fourth-order valence-corrected chi connectivity index (χ4v) is 5.25. The number of hydrazine groups is 1. The van der Waals surface area contributed by atoms with E-state index in [2.05, 4.69) is 21.2 Å².